The molecule has 5 heteroatoms. The van der Waals surface area contributed by atoms with E-state index in [1.807, 2.05) is 18.2 Å². The fraction of sp³-hybridized carbons (Fsp3) is 0.429. The molecular formula is C14H18BrN3O. The first-order chi connectivity index (χ1) is 8.91. The Morgan fingerprint density at radius 1 is 1.32 bits per heavy atom. The van der Waals surface area contributed by atoms with E-state index in [1.54, 1.807) is 0 Å². The molecule has 0 aliphatic rings. The van der Waals surface area contributed by atoms with Crippen molar-refractivity contribution in [2.75, 3.05) is 11.9 Å². The number of anilines is 1. The maximum Gasteiger partial charge on any atom is 0.137 e. The van der Waals surface area contributed by atoms with Gasteiger partial charge in [-0.15, -0.1) is 0 Å². The minimum absolute atomic E-state index is 0.0575. The fourth-order valence-electron chi connectivity index (χ4n) is 1.84. The van der Waals surface area contributed by atoms with Crippen molar-refractivity contribution < 1.29 is 5.11 Å². The standard InChI is InChI=1S/C14H18BrN3O/c1-14(2,3)12(7-19)18-13-10-6-9(15)4-5-11(10)16-8-17-13/h4-6,8,12,19H,7H2,1-3H3,(H,16,17,18)/t12-/m1/s1. The zero-order chi connectivity index (χ0) is 14.0. The number of hydrogen-bond donors (Lipinski definition) is 2. The molecule has 0 aliphatic heterocycles. The highest BCUT2D eigenvalue weighted by Crippen LogP contribution is 2.27. The van der Waals surface area contributed by atoms with Gasteiger partial charge in [0.2, 0.25) is 0 Å². The van der Waals surface area contributed by atoms with E-state index in [2.05, 4.69) is 52.0 Å². The van der Waals surface area contributed by atoms with Crippen molar-refractivity contribution in [2.45, 2.75) is 26.8 Å². The number of aromatic nitrogens is 2. The van der Waals surface area contributed by atoms with Gasteiger partial charge in [-0.1, -0.05) is 36.7 Å². The number of nitrogens with zero attached hydrogens (tertiary/aromatic N) is 2. The topological polar surface area (TPSA) is 58.0 Å². The first-order valence-electron chi connectivity index (χ1n) is 6.19. The third kappa shape index (κ3) is 3.22. The molecule has 1 aromatic carbocycles. The molecule has 0 saturated carbocycles. The van der Waals surface area contributed by atoms with E-state index in [-0.39, 0.29) is 18.1 Å². The molecule has 2 rings (SSSR count). The molecule has 0 bridgehead atoms. The van der Waals surface area contributed by atoms with Crippen molar-refractivity contribution >= 4 is 32.7 Å². The number of rotatable bonds is 3. The van der Waals surface area contributed by atoms with Crippen LogP contribution >= 0.6 is 15.9 Å². The molecule has 2 N–H and O–H groups in total. The summed E-state index contributed by atoms with van der Waals surface area (Å²) in [5.74, 6) is 0.750. The summed E-state index contributed by atoms with van der Waals surface area (Å²) >= 11 is 3.46. The Hall–Kier alpha value is -1.20. The second-order valence-electron chi connectivity index (χ2n) is 5.63. The summed E-state index contributed by atoms with van der Waals surface area (Å²) in [5, 5.41) is 13.8. The second-order valence-corrected chi connectivity index (χ2v) is 6.54. The van der Waals surface area contributed by atoms with Gasteiger partial charge in [0.1, 0.15) is 12.1 Å². The zero-order valence-corrected chi connectivity index (χ0v) is 12.9. The normalized spacial score (nSPS) is 13.5. The van der Waals surface area contributed by atoms with Crippen LogP contribution in [-0.2, 0) is 0 Å². The van der Waals surface area contributed by atoms with E-state index < -0.39 is 0 Å². The fourth-order valence-corrected chi connectivity index (χ4v) is 2.21. The summed E-state index contributed by atoms with van der Waals surface area (Å²) < 4.78 is 0.981. The smallest absolute Gasteiger partial charge is 0.137 e. The molecule has 19 heavy (non-hydrogen) atoms. The van der Waals surface area contributed by atoms with E-state index in [4.69, 9.17) is 0 Å². The van der Waals surface area contributed by atoms with Gasteiger partial charge >= 0.3 is 0 Å². The minimum Gasteiger partial charge on any atom is -0.394 e. The van der Waals surface area contributed by atoms with E-state index >= 15 is 0 Å². The Morgan fingerprint density at radius 2 is 2.05 bits per heavy atom. The summed E-state index contributed by atoms with van der Waals surface area (Å²) in [7, 11) is 0. The Kier molecular flexibility index (Phi) is 4.06. The highest BCUT2D eigenvalue weighted by molar-refractivity contribution is 9.10. The Morgan fingerprint density at radius 3 is 2.68 bits per heavy atom. The number of aliphatic hydroxyl groups excluding tert-OH is 1. The van der Waals surface area contributed by atoms with Crippen LogP contribution in [0.25, 0.3) is 10.9 Å². The Labute approximate surface area is 121 Å². The van der Waals surface area contributed by atoms with Crippen LogP contribution in [0.15, 0.2) is 29.0 Å². The van der Waals surface area contributed by atoms with Gasteiger partial charge in [-0.3, -0.25) is 0 Å². The van der Waals surface area contributed by atoms with E-state index in [0.29, 0.717) is 0 Å². The lowest BCUT2D eigenvalue weighted by Gasteiger charge is -2.30. The van der Waals surface area contributed by atoms with Crippen molar-refractivity contribution in [1.29, 1.82) is 0 Å². The van der Waals surface area contributed by atoms with Crippen molar-refractivity contribution in [3.05, 3.63) is 29.0 Å². The van der Waals surface area contributed by atoms with Gasteiger partial charge in [-0.25, -0.2) is 9.97 Å². The maximum absolute atomic E-state index is 9.53. The summed E-state index contributed by atoms with van der Waals surface area (Å²) in [5.41, 5.74) is 0.823. The van der Waals surface area contributed by atoms with Crippen molar-refractivity contribution in [3.8, 4) is 0 Å². The summed E-state index contributed by atoms with van der Waals surface area (Å²) in [6.45, 7) is 6.31. The van der Waals surface area contributed by atoms with Gasteiger partial charge in [0.25, 0.3) is 0 Å². The number of aliphatic hydroxyl groups is 1. The summed E-state index contributed by atoms with van der Waals surface area (Å²) in [6, 6.07) is 5.81. The first-order valence-corrected chi connectivity index (χ1v) is 6.99. The van der Waals surface area contributed by atoms with E-state index in [1.165, 1.54) is 6.33 Å². The van der Waals surface area contributed by atoms with Crippen LogP contribution in [0.1, 0.15) is 20.8 Å². The van der Waals surface area contributed by atoms with E-state index in [9.17, 15) is 5.11 Å². The molecule has 0 unspecified atom stereocenters. The predicted octanol–water partition coefficient (Wildman–Crippen LogP) is 3.21. The molecule has 4 nitrogen and oxygen atoms in total. The molecule has 0 aliphatic carbocycles. The van der Waals surface area contributed by atoms with Crippen LogP contribution in [0.2, 0.25) is 0 Å². The van der Waals surface area contributed by atoms with Gasteiger partial charge in [-0.05, 0) is 23.6 Å². The first kappa shape index (κ1) is 14.2. The lowest BCUT2D eigenvalue weighted by Crippen LogP contribution is -2.37. The van der Waals surface area contributed by atoms with Crippen LogP contribution < -0.4 is 5.32 Å². The average molecular weight is 324 g/mol. The molecule has 0 saturated heterocycles. The SMILES string of the molecule is CC(C)(C)[C@@H](CO)Nc1ncnc2ccc(Br)cc12. The predicted molar refractivity (Wildman–Crippen MR) is 81.2 cm³/mol. The molecule has 1 heterocycles. The molecule has 0 amide bonds. The third-order valence-corrected chi connectivity index (χ3v) is 3.63. The second kappa shape index (κ2) is 5.43. The van der Waals surface area contributed by atoms with Gasteiger partial charge in [0.15, 0.2) is 0 Å². The molecule has 0 spiro atoms. The number of fused-ring (bicyclic) bond motifs is 1. The van der Waals surface area contributed by atoms with Crippen molar-refractivity contribution in [3.63, 3.8) is 0 Å². The van der Waals surface area contributed by atoms with Crippen molar-refractivity contribution in [2.24, 2.45) is 5.41 Å². The van der Waals surface area contributed by atoms with Gasteiger partial charge in [0, 0.05) is 9.86 Å². The zero-order valence-electron chi connectivity index (χ0n) is 11.3. The monoisotopic (exact) mass is 323 g/mol. The summed E-state index contributed by atoms with van der Waals surface area (Å²) in [4.78, 5) is 8.54. The molecule has 2 aromatic rings. The lowest BCUT2D eigenvalue weighted by atomic mass is 9.87. The van der Waals surface area contributed by atoms with Crippen LogP contribution in [0.5, 0.6) is 0 Å². The quantitative estimate of drug-likeness (QED) is 0.910. The summed E-state index contributed by atoms with van der Waals surface area (Å²) in [6.07, 6.45) is 1.54. The number of halogens is 1. The minimum atomic E-state index is -0.0652. The number of benzene rings is 1. The molecule has 0 radical (unpaired) electrons. The van der Waals surface area contributed by atoms with Crippen LogP contribution in [0.3, 0.4) is 0 Å². The largest absolute Gasteiger partial charge is 0.394 e. The highest BCUT2D eigenvalue weighted by Gasteiger charge is 2.24. The Balaban J connectivity index is 2.42. The average Bonchev–Trinajstić information content (AvgIpc) is 2.34. The van der Waals surface area contributed by atoms with Crippen molar-refractivity contribution in [1.82, 2.24) is 9.97 Å². The Bertz CT molecular complexity index is 580. The van der Waals surface area contributed by atoms with Gasteiger partial charge in [-0.2, -0.15) is 0 Å². The molecule has 1 aromatic heterocycles. The molecular weight excluding hydrogens is 306 g/mol. The van der Waals surface area contributed by atoms with Crippen LogP contribution in [0, 0.1) is 5.41 Å². The lowest BCUT2D eigenvalue weighted by molar-refractivity contribution is 0.201. The highest BCUT2D eigenvalue weighted by atomic mass is 79.9. The third-order valence-electron chi connectivity index (χ3n) is 3.14. The maximum atomic E-state index is 9.53. The molecule has 1 atom stereocenters. The van der Waals surface area contributed by atoms with Gasteiger partial charge in [0.05, 0.1) is 18.2 Å². The van der Waals surface area contributed by atoms with Crippen LogP contribution in [-0.4, -0.2) is 27.7 Å². The molecule has 102 valence electrons. The van der Waals surface area contributed by atoms with Gasteiger partial charge < -0.3 is 10.4 Å². The van der Waals surface area contributed by atoms with E-state index in [0.717, 1.165) is 21.2 Å². The number of nitrogens with one attached hydrogen (secondary N) is 1. The van der Waals surface area contributed by atoms with Crippen LogP contribution in [0.4, 0.5) is 5.82 Å². The number of hydrogen-bond acceptors (Lipinski definition) is 4. The molecule has 0 fully saturated rings.